The molecule has 0 bridgehead atoms. The van der Waals surface area contributed by atoms with Crippen molar-refractivity contribution in [3.05, 3.63) is 72.4 Å². The van der Waals surface area contributed by atoms with Gasteiger partial charge in [0.1, 0.15) is 12.1 Å². The van der Waals surface area contributed by atoms with Crippen molar-refractivity contribution in [1.82, 2.24) is 15.2 Å². The summed E-state index contributed by atoms with van der Waals surface area (Å²) in [6, 6.07) is 15.6. The first-order valence-corrected chi connectivity index (χ1v) is 8.48. The Balaban J connectivity index is 1.42. The van der Waals surface area contributed by atoms with Crippen molar-refractivity contribution < 1.29 is 13.2 Å². The monoisotopic (exact) mass is 353 g/mol. The predicted octanol–water partition coefficient (Wildman–Crippen LogP) is 4.82. The number of aromatic nitrogens is 3. The fourth-order valence-electron chi connectivity index (χ4n) is 2.20. The second kappa shape index (κ2) is 6.90. The summed E-state index contributed by atoms with van der Waals surface area (Å²) in [7, 11) is 0. The number of nitrogens with zero attached hydrogens (tertiary/aromatic N) is 3. The molecule has 2 aromatic heterocycles. The van der Waals surface area contributed by atoms with E-state index in [4.69, 9.17) is 8.83 Å². The van der Waals surface area contributed by atoms with Crippen LogP contribution in [0, 0.1) is 5.82 Å². The van der Waals surface area contributed by atoms with Gasteiger partial charge in [-0.3, -0.25) is 0 Å². The lowest BCUT2D eigenvalue weighted by Crippen LogP contribution is -1.83. The molecule has 4 rings (SSSR count). The average molecular weight is 353 g/mol. The minimum absolute atomic E-state index is 0.295. The topological polar surface area (TPSA) is 65.0 Å². The maximum Gasteiger partial charge on any atom is 0.277 e. The van der Waals surface area contributed by atoms with Gasteiger partial charge in [-0.2, -0.15) is 0 Å². The van der Waals surface area contributed by atoms with E-state index in [0.29, 0.717) is 22.8 Å². The molecule has 0 N–H and O–H groups in total. The first-order chi connectivity index (χ1) is 12.3. The van der Waals surface area contributed by atoms with Crippen molar-refractivity contribution in [2.75, 3.05) is 0 Å². The van der Waals surface area contributed by atoms with Crippen LogP contribution in [-0.2, 0) is 5.75 Å². The van der Waals surface area contributed by atoms with Gasteiger partial charge in [-0.15, -0.1) is 10.2 Å². The molecule has 25 heavy (non-hydrogen) atoms. The van der Waals surface area contributed by atoms with Crippen LogP contribution in [0.5, 0.6) is 0 Å². The molecule has 0 unspecified atom stereocenters. The molecule has 4 aromatic rings. The molecule has 0 saturated carbocycles. The van der Waals surface area contributed by atoms with Gasteiger partial charge in [0.25, 0.3) is 5.22 Å². The van der Waals surface area contributed by atoms with Crippen molar-refractivity contribution in [3.63, 3.8) is 0 Å². The Morgan fingerprint density at radius 2 is 1.64 bits per heavy atom. The standard InChI is InChI=1S/C18H12FN3O2S/c19-14-8-6-13(7-9-14)16-20-15(10-23-16)11-25-18-22-21-17(24-18)12-4-2-1-3-5-12/h1-10H,11H2. The van der Waals surface area contributed by atoms with Crippen molar-refractivity contribution in [2.24, 2.45) is 0 Å². The van der Waals surface area contributed by atoms with Crippen LogP contribution in [-0.4, -0.2) is 15.2 Å². The first kappa shape index (κ1) is 15.6. The molecule has 0 aliphatic heterocycles. The van der Waals surface area contributed by atoms with E-state index < -0.39 is 0 Å². The Kier molecular flexibility index (Phi) is 4.30. The molecule has 124 valence electrons. The van der Waals surface area contributed by atoms with Crippen LogP contribution in [0.15, 0.2) is 74.9 Å². The third-order valence-electron chi connectivity index (χ3n) is 3.41. The van der Waals surface area contributed by atoms with E-state index in [1.165, 1.54) is 23.9 Å². The number of thioether (sulfide) groups is 1. The van der Waals surface area contributed by atoms with E-state index in [1.807, 2.05) is 30.3 Å². The number of hydrogen-bond donors (Lipinski definition) is 0. The summed E-state index contributed by atoms with van der Waals surface area (Å²) in [6.07, 6.45) is 1.57. The molecule has 0 aliphatic carbocycles. The third kappa shape index (κ3) is 3.61. The van der Waals surface area contributed by atoms with Gasteiger partial charge in [-0.25, -0.2) is 9.37 Å². The van der Waals surface area contributed by atoms with Gasteiger partial charge in [0.2, 0.25) is 11.8 Å². The van der Waals surface area contributed by atoms with Gasteiger partial charge < -0.3 is 8.83 Å². The van der Waals surface area contributed by atoms with E-state index in [1.54, 1.807) is 18.4 Å². The van der Waals surface area contributed by atoms with Crippen LogP contribution in [0.3, 0.4) is 0 Å². The maximum absolute atomic E-state index is 13.0. The second-order valence-electron chi connectivity index (χ2n) is 5.18. The largest absolute Gasteiger partial charge is 0.444 e. The molecular weight excluding hydrogens is 341 g/mol. The summed E-state index contributed by atoms with van der Waals surface area (Å²) in [6.45, 7) is 0. The van der Waals surface area contributed by atoms with E-state index in [-0.39, 0.29) is 5.82 Å². The molecule has 7 heteroatoms. The normalized spacial score (nSPS) is 10.9. The van der Waals surface area contributed by atoms with Crippen LogP contribution in [0.2, 0.25) is 0 Å². The lowest BCUT2D eigenvalue weighted by molar-refractivity contribution is 0.466. The molecule has 2 aromatic carbocycles. The summed E-state index contributed by atoms with van der Waals surface area (Å²) < 4.78 is 24.0. The Labute approximate surface area is 146 Å². The lowest BCUT2D eigenvalue weighted by atomic mass is 10.2. The zero-order chi connectivity index (χ0) is 17.1. The number of halogens is 1. The minimum Gasteiger partial charge on any atom is -0.444 e. The van der Waals surface area contributed by atoms with Gasteiger partial charge in [0.05, 0.1) is 5.69 Å². The highest BCUT2D eigenvalue weighted by atomic mass is 32.2. The highest BCUT2D eigenvalue weighted by Crippen LogP contribution is 2.26. The van der Waals surface area contributed by atoms with Gasteiger partial charge in [0.15, 0.2) is 0 Å². The number of oxazole rings is 1. The summed E-state index contributed by atoms with van der Waals surface area (Å²) in [4.78, 5) is 4.39. The minimum atomic E-state index is -0.295. The SMILES string of the molecule is Fc1ccc(-c2nc(CSc3nnc(-c4ccccc4)o3)co2)cc1. The molecule has 0 atom stereocenters. The van der Waals surface area contributed by atoms with E-state index >= 15 is 0 Å². The Morgan fingerprint density at radius 1 is 0.880 bits per heavy atom. The van der Waals surface area contributed by atoms with Crippen molar-refractivity contribution in [2.45, 2.75) is 11.0 Å². The van der Waals surface area contributed by atoms with Crippen molar-refractivity contribution in [1.29, 1.82) is 0 Å². The summed E-state index contributed by atoms with van der Waals surface area (Å²) in [5.41, 5.74) is 2.34. The molecule has 5 nitrogen and oxygen atoms in total. The molecule has 0 radical (unpaired) electrons. The summed E-state index contributed by atoms with van der Waals surface area (Å²) in [5.74, 6) is 1.17. The van der Waals surface area contributed by atoms with Crippen LogP contribution < -0.4 is 0 Å². The van der Waals surface area contributed by atoms with E-state index in [2.05, 4.69) is 15.2 Å². The third-order valence-corrected chi connectivity index (χ3v) is 4.27. The molecule has 0 saturated heterocycles. The fraction of sp³-hybridized carbons (Fsp3) is 0.0556. The number of benzene rings is 2. The highest BCUT2D eigenvalue weighted by molar-refractivity contribution is 7.98. The van der Waals surface area contributed by atoms with E-state index in [0.717, 1.165) is 16.8 Å². The van der Waals surface area contributed by atoms with Gasteiger partial charge in [-0.05, 0) is 36.4 Å². The number of hydrogen-bond acceptors (Lipinski definition) is 6. The van der Waals surface area contributed by atoms with E-state index in [9.17, 15) is 4.39 Å². The van der Waals surface area contributed by atoms with Crippen LogP contribution in [0.25, 0.3) is 22.9 Å². The van der Waals surface area contributed by atoms with Gasteiger partial charge in [-0.1, -0.05) is 30.0 Å². The molecular formula is C18H12FN3O2S. The molecule has 0 amide bonds. The van der Waals surface area contributed by atoms with Gasteiger partial charge >= 0.3 is 0 Å². The molecule has 0 spiro atoms. The van der Waals surface area contributed by atoms with Crippen LogP contribution >= 0.6 is 11.8 Å². The van der Waals surface area contributed by atoms with Crippen molar-refractivity contribution in [3.8, 4) is 22.9 Å². The molecule has 2 heterocycles. The fourth-order valence-corrected chi connectivity index (χ4v) is 2.84. The predicted molar refractivity (Wildman–Crippen MR) is 91.2 cm³/mol. The Morgan fingerprint density at radius 3 is 2.44 bits per heavy atom. The van der Waals surface area contributed by atoms with Gasteiger partial charge in [0, 0.05) is 16.9 Å². The average Bonchev–Trinajstić information content (AvgIpc) is 3.31. The summed E-state index contributed by atoms with van der Waals surface area (Å²) >= 11 is 1.38. The maximum atomic E-state index is 13.0. The Bertz CT molecular complexity index is 967. The first-order valence-electron chi connectivity index (χ1n) is 7.50. The molecule has 0 aliphatic rings. The summed E-state index contributed by atoms with van der Waals surface area (Å²) in [5, 5.41) is 8.53. The Hall–Kier alpha value is -2.93. The molecule has 0 fully saturated rings. The van der Waals surface area contributed by atoms with Crippen LogP contribution in [0.4, 0.5) is 4.39 Å². The quantitative estimate of drug-likeness (QED) is 0.479. The zero-order valence-corrected chi connectivity index (χ0v) is 13.7. The second-order valence-corrected chi connectivity index (χ2v) is 6.11. The zero-order valence-electron chi connectivity index (χ0n) is 12.9. The highest BCUT2D eigenvalue weighted by Gasteiger charge is 2.11. The van der Waals surface area contributed by atoms with Crippen molar-refractivity contribution >= 4 is 11.8 Å². The smallest absolute Gasteiger partial charge is 0.277 e. The lowest BCUT2D eigenvalue weighted by Gasteiger charge is -1.94. The van der Waals surface area contributed by atoms with Crippen LogP contribution in [0.1, 0.15) is 5.69 Å². The number of rotatable bonds is 5.